The number of fused-ring (bicyclic) bond motifs is 3. The van der Waals surface area contributed by atoms with E-state index in [0.29, 0.717) is 35.1 Å². The van der Waals surface area contributed by atoms with Crippen molar-refractivity contribution >= 4 is 39.9 Å². The molecule has 3 heterocycles. The fourth-order valence-corrected chi connectivity index (χ4v) is 6.02. The van der Waals surface area contributed by atoms with E-state index in [1.54, 1.807) is 4.90 Å². The average Bonchev–Trinajstić information content (AvgIpc) is 3.54. The Balaban J connectivity index is 1.25. The quantitative estimate of drug-likeness (QED) is 0.204. The fraction of sp³-hybridized carbons (Fsp3) is 0.226. The number of aryl methyl sites for hydroxylation is 2. The zero-order valence-electron chi connectivity index (χ0n) is 22.0. The van der Waals surface area contributed by atoms with Crippen LogP contribution in [-0.4, -0.2) is 33.7 Å². The van der Waals surface area contributed by atoms with Crippen LogP contribution in [0.1, 0.15) is 34.8 Å². The number of rotatable bonds is 7. The molecule has 0 spiro atoms. The molecule has 9 heteroatoms. The van der Waals surface area contributed by atoms with Crippen LogP contribution in [0.5, 0.6) is 11.5 Å². The van der Waals surface area contributed by atoms with E-state index in [1.165, 1.54) is 16.9 Å². The van der Waals surface area contributed by atoms with Gasteiger partial charge in [0.25, 0.3) is 0 Å². The highest BCUT2D eigenvalue weighted by Gasteiger charge is 2.35. The summed E-state index contributed by atoms with van der Waals surface area (Å²) in [6, 6.07) is 20.9. The first-order chi connectivity index (χ1) is 19.5. The lowest BCUT2D eigenvalue weighted by molar-refractivity contribution is 0.135. The summed E-state index contributed by atoms with van der Waals surface area (Å²) in [5.41, 5.74) is 5.19. The van der Waals surface area contributed by atoms with Crippen molar-refractivity contribution < 1.29 is 14.3 Å². The summed E-state index contributed by atoms with van der Waals surface area (Å²) in [5, 5.41) is 11.6. The molecule has 0 radical (unpaired) electrons. The maximum atomic E-state index is 13.5. The van der Waals surface area contributed by atoms with Crippen molar-refractivity contribution in [2.75, 3.05) is 13.2 Å². The highest BCUT2D eigenvalue weighted by molar-refractivity contribution is 7.06. The molecule has 6 rings (SSSR count). The lowest BCUT2D eigenvalue weighted by Gasteiger charge is -2.35. The molecule has 40 heavy (non-hydrogen) atoms. The van der Waals surface area contributed by atoms with E-state index in [0.717, 1.165) is 46.4 Å². The minimum atomic E-state index is -0.392. The molecule has 7 nitrogen and oxygen atoms in total. The second-order valence-electron chi connectivity index (χ2n) is 9.91. The van der Waals surface area contributed by atoms with Crippen LogP contribution in [0.15, 0.2) is 78.3 Å². The van der Waals surface area contributed by atoms with Crippen LogP contribution in [0, 0.1) is 12.3 Å². The summed E-state index contributed by atoms with van der Waals surface area (Å²) >= 11 is 7.75. The molecule has 1 atom stereocenters. The van der Waals surface area contributed by atoms with Crippen LogP contribution in [0.2, 0.25) is 5.02 Å². The Labute approximate surface area is 241 Å². The highest BCUT2D eigenvalue weighted by atomic mass is 35.5. The third-order valence-electron chi connectivity index (χ3n) is 7.24. The minimum absolute atomic E-state index is 0.354. The molecule has 0 saturated heterocycles. The maximum absolute atomic E-state index is 13.5. The SMILES string of the molecule is Cc1ccc(OC(=O)N2CCc3c([nH]c4ccc(Cl)cc34)C2c2ccc(OCCCn3ccsc3=N)cc2)cc1. The number of nitrogens with one attached hydrogen (secondary N) is 2. The molecule has 1 aliphatic rings. The van der Waals surface area contributed by atoms with Crippen molar-refractivity contribution in [3.8, 4) is 11.5 Å². The molecular formula is C31H29ClN4O3S. The molecule has 1 aliphatic heterocycles. The third kappa shape index (κ3) is 5.37. The molecule has 204 valence electrons. The van der Waals surface area contributed by atoms with Crippen LogP contribution in [0.3, 0.4) is 0 Å². The van der Waals surface area contributed by atoms with Gasteiger partial charge in [0.2, 0.25) is 0 Å². The first kappa shape index (κ1) is 26.2. The number of aromatic amines is 1. The van der Waals surface area contributed by atoms with E-state index in [2.05, 4.69) is 4.98 Å². The normalized spacial score (nSPS) is 14.8. The molecule has 0 aliphatic carbocycles. The fourth-order valence-electron chi connectivity index (χ4n) is 5.22. The summed E-state index contributed by atoms with van der Waals surface area (Å²) in [4.78, 5) is 19.4. The van der Waals surface area contributed by atoms with E-state index >= 15 is 0 Å². The van der Waals surface area contributed by atoms with Crippen molar-refractivity contribution in [2.45, 2.75) is 32.4 Å². The molecule has 2 aromatic heterocycles. The van der Waals surface area contributed by atoms with E-state index < -0.39 is 6.09 Å². The number of H-pyrrole nitrogens is 1. The summed E-state index contributed by atoms with van der Waals surface area (Å²) in [6.45, 7) is 3.80. The van der Waals surface area contributed by atoms with Crippen LogP contribution < -0.4 is 14.3 Å². The van der Waals surface area contributed by atoms with Crippen molar-refractivity contribution in [1.82, 2.24) is 14.5 Å². The predicted octanol–water partition coefficient (Wildman–Crippen LogP) is 7.09. The standard InChI is InChI=1S/C31H29ClN4O3S/c1-20-3-8-24(9-4-20)39-31(37)36-15-13-25-26-19-22(32)7-12-27(26)34-28(25)29(36)21-5-10-23(11-6-21)38-17-2-14-35-16-18-40-30(35)33/h3-12,16,18-19,29,33-34H,2,13-15,17H2,1H3. The minimum Gasteiger partial charge on any atom is -0.494 e. The summed E-state index contributed by atoms with van der Waals surface area (Å²) in [5.74, 6) is 1.28. The molecule has 1 unspecified atom stereocenters. The third-order valence-corrected chi connectivity index (χ3v) is 8.19. The average molecular weight is 573 g/mol. The highest BCUT2D eigenvalue weighted by Crippen LogP contribution is 2.40. The van der Waals surface area contributed by atoms with Gasteiger partial charge < -0.3 is 19.0 Å². The number of hydrogen-bond donors (Lipinski definition) is 2. The first-order valence-electron chi connectivity index (χ1n) is 13.2. The molecule has 1 amide bonds. The summed E-state index contributed by atoms with van der Waals surface area (Å²) in [7, 11) is 0. The number of thiazole rings is 1. The Morgan fingerprint density at radius 2 is 1.88 bits per heavy atom. The number of hydrogen-bond acceptors (Lipinski definition) is 5. The van der Waals surface area contributed by atoms with Gasteiger partial charge in [-0.2, -0.15) is 0 Å². The number of halogens is 1. The molecular weight excluding hydrogens is 544 g/mol. The van der Waals surface area contributed by atoms with Crippen LogP contribution in [0.4, 0.5) is 4.79 Å². The van der Waals surface area contributed by atoms with Crippen molar-refractivity contribution in [3.63, 3.8) is 0 Å². The lowest BCUT2D eigenvalue weighted by Crippen LogP contribution is -2.42. The topological polar surface area (TPSA) is 83.3 Å². The number of carbonyl (C=O) groups is 1. The van der Waals surface area contributed by atoms with Gasteiger partial charge in [0.05, 0.1) is 6.61 Å². The monoisotopic (exact) mass is 572 g/mol. The molecule has 0 fully saturated rings. The Hall–Kier alpha value is -4.01. The summed E-state index contributed by atoms with van der Waals surface area (Å²) in [6.07, 6.45) is 3.03. The smallest absolute Gasteiger partial charge is 0.416 e. The van der Waals surface area contributed by atoms with Gasteiger partial charge >= 0.3 is 6.09 Å². The number of carbonyl (C=O) groups excluding carboxylic acids is 1. The van der Waals surface area contributed by atoms with Crippen LogP contribution >= 0.6 is 22.9 Å². The molecule has 5 aromatic rings. The van der Waals surface area contributed by atoms with Gasteiger partial charge in [0.1, 0.15) is 17.5 Å². The van der Waals surface area contributed by atoms with E-state index in [1.807, 2.05) is 89.8 Å². The Morgan fingerprint density at radius 3 is 2.62 bits per heavy atom. The Kier molecular flexibility index (Phi) is 7.36. The van der Waals surface area contributed by atoms with Gasteiger partial charge in [-0.3, -0.25) is 10.3 Å². The zero-order chi connectivity index (χ0) is 27.6. The predicted molar refractivity (Wildman–Crippen MR) is 157 cm³/mol. The van der Waals surface area contributed by atoms with Crippen molar-refractivity contribution in [1.29, 1.82) is 5.41 Å². The van der Waals surface area contributed by atoms with Crippen molar-refractivity contribution in [2.24, 2.45) is 0 Å². The van der Waals surface area contributed by atoms with Crippen molar-refractivity contribution in [3.05, 3.63) is 111 Å². The van der Waals surface area contributed by atoms with E-state index in [9.17, 15) is 4.79 Å². The molecule has 0 saturated carbocycles. The van der Waals surface area contributed by atoms with Gasteiger partial charge in [-0.05, 0) is 73.4 Å². The number of nitrogens with zero attached hydrogens (tertiary/aromatic N) is 2. The number of amides is 1. The Bertz CT molecular complexity index is 1710. The molecule has 2 N–H and O–H groups in total. The molecule has 3 aromatic carbocycles. The maximum Gasteiger partial charge on any atom is 0.416 e. The molecule has 0 bridgehead atoms. The van der Waals surface area contributed by atoms with Gasteiger partial charge in [-0.15, -0.1) is 11.3 Å². The first-order valence-corrected chi connectivity index (χ1v) is 14.5. The number of benzene rings is 3. The summed E-state index contributed by atoms with van der Waals surface area (Å²) < 4.78 is 13.7. The lowest BCUT2D eigenvalue weighted by atomic mass is 9.92. The van der Waals surface area contributed by atoms with Gasteiger partial charge in [-0.25, -0.2) is 4.79 Å². The van der Waals surface area contributed by atoms with Crippen LogP contribution in [-0.2, 0) is 13.0 Å². The van der Waals surface area contributed by atoms with Crippen LogP contribution in [0.25, 0.3) is 10.9 Å². The van der Waals surface area contributed by atoms with E-state index in [-0.39, 0.29) is 6.04 Å². The number of aromatic nitrogens is 2. The van der Waals surface area contributed by atoms with Gasteiger partial charge in [-0.1, -0.05) is 41.4 Å². The zero-order valence-corrected chi connectivity index (χ0v) is 23.6. The van der Waals surface area contributed by atoms with Gasteiger partial charge in [0, 0.05) is 46.3 Å². The largest absolute Gasteiger partial charge is 0.494 e. The van der Waals surface area contributed by atoms with E-state index in [4.69, 9.17) is 26.5 Å². The van der Waals surface area contributed by atoms with Gasteiger partial charge in [0.15, 0.2) is 4.80 Å². The second kappa shape index (κ2) is 11.2. The number of ether oxygens (including phenoxy) is 2. The Morgan fingerprint density at radius 1 is 1.10 bits per heavy atom. The second-order valence-corrected chi connectivity index (χ2v) is 11.2.